The van der Waals surface area contributed by atoms with Crippen molar-refractivity contribution in [2.45, 2.75) is 13.8 Å². The van der Waals surface area contributed by atoms with E-state index in [0.717, 1.165) is 0 Å². The van der Waals surface area contributed by atoms with Crippen LogP contribution in [0.2, 0.25) is 5.02 Å². The third-order valence-corrected chi connectivity index (χ3v) is 2.05. The van der Waals surface area contributed by atoms with Crippen molar-refractivity contribution in [1.82, 2.24) is 0 Å². The Labute approximate surface area is 76.1 Å². The minimum Gasteiger partial charge on any atom is -0.492 e. The molecule has 0 aromatic heterocycles. The van der Waals surface area contributed by atoms with Gasteiger partial charge in [0.15, 0.2) is 0 Å². The van der Waals surface area contributed by atoms with E-state index in [1.807, 2.05) is 6.92 Å². The zero-order valence-electron chi connectivity index (χ0n) is 7.03. The second kappa shape index (κ2) is 3.76. The summed E-state index contributed by atoms with van der Waals surface area (Å²) < 4.78 is 18.0. The molecular weight excluding hydrogens is 179 g/mol. The van der Waals surface area contributed by atoms with Crippen LogP contribution in [0.4, 0.5) is 4.39 Å². The highest BCUT2D eigenvalue weighted by atomic mass is 35.5. The Morgan fingerprint density at radius 3 is 2.75 bits per heavy atom. The van der Waals surface area contributed by atoms with E-state index >= 15 is 0 Å². The van der Waals surface area contributed by atoms with Crippen LogP contribution in [0, 0.1) is 12.7 Å². The fourth-order valence-corrected chi connectivity index (χ4v) is 1.11. The molecule has 0 unspecified atom stereocenters. The molecule has 0 aliphatic rings. The summed E-state index contributed by atoms with van der Waals surface area (Å²) >= 11 is 5.81. The van der Waals surface area contributed by atoms with Gasteiger partial charge in [-0.05, 0) is 26.0 Å². The van der Waals surface area contributed by atoms with Crippen LogP contribution in [0.1, 0.15) is 12.5 Å². The monoisotopic (exact) mass is 188 g/mol. The minimum atomic E-state index is -0.302. The van der Waals surface area contributed by atoms with Gasteiger partial charge in [-0.1, -0.05) is 11.6 Å². The third kappa shape index (κ3) is 1.69. The first-order chi connectivity index (χ1) is 5.66. The first-order valence-electron chi connectivity index (χ1n) is 3.74. The van der Waals surface area contributed by atoms with E-state index in [9.17, 15) is 4.39 Å². The van der Waals surface area contributed by atoms with Crippen molar-refractivity contribution < 1.29 is 9.13 Å². The minimum absolute atomic E-state index is 0.302. The highest BCUT2D eigenvalue weighted by molar-refractivity contribution is 6.32. The molecule has 66 valence electrons. The smallest absolute Gasteiger partial charge is 0.138 e. The van der Waals surface area contributed by atoms with Gasteiger partial charge in [0.05, 0.1) is 11.6 Å². The van der Waals surface area contributed by atoms with Gasteiger partial charge in [0, 0.05) is 5.56 Å². The predicted molar refractivity (Wildman–Crippen MR) is 47.3 cm³/mol. The lowest BCUT2D eigenvalue weighted by Gasteiger charge is -2.07. The number of hydrogen-bond acceptors (Lipinski definition) is 1. The molecule has 0 aliphatic carbocycles. The van der Waals surface area contributed by atoms with Crippen molar-refractivity contribution in [3.8, 4) is 5.75 Å². The van der Waals surface area contributed by atoms with Gasteiger partial charge in [-0.3, -0.25) is 0 Å². The van der Waals surface area contributed by atoms with E-state index in [1.165, 1.54) is 12.1 Å². The zero-order valence-corrected chi connectivity index (χ0v) is 7.78. The largest absolute Gasteiger partial charge is 0.492 e. The Morgan fingerprint density at radius 2 is 2.17 bits per heavy atom. The quantitative estimate of drug-likeness (QED) is 0.693. The maximum atomic E-state index is 12.9. The van der Waals surface area contributed by atoms with Crippen LogP contribution in [0.15, 0.2) is 12.1 Å². The number of halogens is 2. The summed E-state index contributed by atoms with van der Waals surface area (Å²) in [5.41, 5.74) is 0.433. The molecular formula is C9H10ClFO. The Kier molecular flexibility index (Phi) is 2.93. The molecule has 1 rings (SSSR count). The van der Waals surface area contributed by atoms with Crippen LogP contribution < -0.4 is 4.74 Å². The van der Waals surface area contributed by atoms with E-state index in [4.69, 9.17) is 16.3 Å². The van der Waals surface area contributed by atoms with Gasteiger partial charge in [-0.15, -0.1) is 0 Å². The number of rotatable bonds is 2. The van der Waals surface area contributed by atoms with Crippen molar-refractivity contribution >= 4 is 11.6 Å². The molecule has 0 heterocycles. The van der Waals surface area contributed by atoms with E-state index in [2.05, 4.69) is 0 Å². The Morgan fingerprint density at radius 1 is 1.50 bits per heavy atom. The SMILES string of the molecule is CCOc1ccc(F)c(C)c1Cl. The maximum absolute atomic E-state index is 12.9. The van der Waals surface area contributed by atoms with Gasteiger partial charge in [0.1, 0.15) is 11.6 Å². The Hall–Kier alpha value is -0.760. The molecule has 0 spiro atoms. The summed E-state index contributed by atoms with van der Waals surface area (Å²) in [5.74, 6) is 0.238. The molecule has 0 saturated carbocycles. The highest BCUT2D eigenvalue weighted by Gasteiger charge is 2.07. The molecule has 3 heteroatoms. The average Bonchev–Trinajstić information content (AvgIpc) is 2.07. The zero-order chi connectivity index (χ0) is 9.14. The third-order valence-electron chi connectivity index (χ3n) is 1.58. The second-order valence-electron chi connectivity index (χ2n) is 2.42. The fraction of sp³-hybridized carbons (Fsp3) is 0.333. The molecule has 0 amide bonds. The highest BCUT2D eigenvalue weighted by Crippen LogP contribution is 2.29. The summed E-state index contributed by atoms with van der Waals surface area (Å²) in [4.78, 5) is 0. The lowest BCUT2D eigenvalue weighted by atomic mass is 10.2. The van der Waals surface area contributed by atoms with E-state index in [1.54, 1.807) is 6.92 Å². The lowest BCUT2D eigenvalue weighted by molar-refractivity contribution is 0.339. The second-order valence-corrected chi connectivity index (χ2v) is 2.80. The molecule has 0 N–H and O–H groups in total. The molecule has 0 bridgehead atoms. The molecule has 1 nitrogen and oxygen atoms in total. The van der Waals surface area contributed by atoms with Crippen LogP contribution in [0.25, 0.3) is 0 Å². The maximum Gasteiger partial charge on any atom is 0.138 e. The molecule has 0 fully saturated rings. The van der Waals surface area contributed by atoms with Crippen molar-refractivity contribution in [2.24, 2.45) is 0 Å². The molecule has 1 aromatic rings. The molecule has 0 saturated heterocycles. The van der Waals surface area contributed by atoms with Crippen LogP contribution >= 0.6 is 11.6 Å². The standard InChI is InChI=1S/C9H10ClFO/c1-3-12-8-5-4-7(11)6(2)9(8)10/h4-5H,3H2,1-2H3. The first-order valence-corrected chi connectivity index (χ1v) is 4.12. The summed E-state index contributed by atoms with van der Waals surface area (Å²) in [6.07, 6.45) is 0. The molecule has 1 aromatic carbocycles. The summed E-state index contributed by atoms with van der Waals surface area (Å²) in [5, 5.41) is 0.358. The van der Waals surface area contributed by atoms with E-state index < -0.39 is 0 Å². The van der Waals surface area contributed by atoms with Crippen LogP contribution in [0.3, 0.4) is 0 Å². The fourth-order valence-electron chi connectivity index (χ4n) is 0.904. The molecule has 0 aliphatic heterocycles. The lowest BCUT2D eigenvalue weighted by Crippen LogP contribution is -1.94. The predicted octanol–water partition coefficient (Wildman–Crippen LogP) is 3.19. The number of ether oxygens (including phenoxy) is 1. The summed E-state index contributed by atoms with van der Waals surface area (Å²) in [6, 6.07) is 2.89. The van der Waals surface area contributed by atoms with Gasteiger partial charge >= 0.3 is 0 Å². The van der Waals surface area contributed by atoms with Gasteiger partial charge < -0.3 is 4.74 Å². The summed E-state index contributed by atoms with van der Waals surface area (Å²) in [7, 11) is 0. The summed E-state index contributed by atoms with van der Waals surface area (Å²) in [6.45, 7) is 4.01. The number of hydrogen-bond donors (Lipinski definition) is 0. The van der Waals surface area contributed by atoms with Crippen LogP contribution in [-0.4, -0.2) is 6.61 Å². The van der Waals surface area contributed by atoms with Crippen LogP contribution in [-0.2, 0) is 0 Å². The average molecular weight is 189 g/mol. The van der Waals surface area contributed by atoms with Gasteiger partial charge in [0.2, 0.25) is 0 Å². The normalized spacial score (nSPS) is 10.0. The van der Waals surface area contributed by atoms with E-state index in [-0.39, 0.29) is 5.82 Å². The number of benzene rings is 1. The van der Waals surface area contributed by atoms with Crippen LogP contribution in [0.5, 0.6) is 5.75 Å². The Balaban J connectivity index is 3.08. The van der Waals surface area contributed by atoms with Gasteiger partial charge in [-0.25, -0.2) is 4.39 Å². The molecule has 0 radical (unpaired) electrons. The topological polar surface area (TPSA) is 9.23 Å². The van der Waals surface area contributed by atoms with Gasteiger partial charge in [0.25, 0.3) is 0 Å². The van der Waals surface area contributed by atoms with Crippen molar-refractivity contribution in [3.05, 3.63) is 28.5 Å². The Bertz CT molecular complexity index is 286. The van der Waals surface area contributed by atoms with Crippen molar-refractivity contribution in [2.75, 3.05) is 6.61 Å². The molecule has 12 heavy (non-hydrogen) atoms. The molecule has 0 atom stereocenters. The van der Waals surface area contributed by atoms with Crippen molar-refractivity contribution in [3.63, 3.8) is 0 Å². The van der Waals surface area contributed by atoms with E-state index in [0.29, 0.717) is 22.9 Å². The van der Waals surface area contributed by atoms with Crippen molar-refractivity contribution in [1.29, 1.82) is 0 Å². The first kappa shape index (κ1) is 9.33. The van der Waals surface area contributed by atoms with Gasteiger partial charge in [-0.2, -0.15) is 0 Å².